The first-order chi connectivity index (χ1) is 17.4. The van der Waals surface area contributed by atoms with Crippen LogP contribution in [-0.2, 0) is 19.1 Å². The van der Waals surface area contributed by atoms with Crippen molar-refractivity contribution in [3.63, 3.8) is 0 Å². The van der Waals surface area contributed by atoms with E-state index in [1.54, 1.807) is 25.1 Å². The van der Waals surface area contributed by atoms with Gasteiger partial charge in [-0.05, 0) is 57.2 Å². The number of piperidine rings is 2. The summed E-state index contributed by atoms with van der Waals surface area (Å²) in [5.74, 6) is -0.468. The molecule has 0 N–H and O–H groups in total. The van der Waals surface area contributed by atoms with Crippen LogP contribution in [0, 0.1) is 17.7 Å². The molecule has 2 heterocycles. The van der Waals surface area contributed by atoms with Crippen LogP contribution < -0.4 is 0 Å². The smallest absolute Gasteiger partial charge is 0.310 e. The van der Waals surface area contributed by atoms with Crippen molar-refractivity contribution < 1.29 is 23.5 Å². The first-order valence-electron chi connectivity index (χ1n) is 13.1. The van der Waals surface area contributed by atoms with Crippen molar-refractivity contribution in [3.8, 4) is 0 Å². The zero-order valence-corrected chi connectivity index (χ0v) is 24.6. The van der Waals surface area contributed by atoms with Gasteiger partial charge in [0.2, 0.25) is 0 Å². The third-order valence-corrected chi connectivity index (χ3v) is 8.49. The number of halogens is 3. The fourth-order valence-corrected chi connectivity index (χ4v) is 6.32. The van der Waals surface area contributed by atoms with Gasteiger partial charge >= 0.3 is 5.97 Å². The van der Waals surface area contributed by atoms with Crippen molar-refractivity contribution in [2.45, 2.75) is 57.2 Å². The number of carbonyl (C=O) groups excluding carboxylic acids is 3. The molecule has 3 atom stereocenters. The number of rotatable bonds is 9. The van der Waals surface area contributed by atoms with Crippen molar-refractivity contribution in [2.75, 3.05) is 39.3 Å². The third kappa shape index (κ3) is 8.52. The number of benzene rings is 1. The van der Waals surface area contributed by atoms with Gasteiger partial charge in [-0.1, -0.05) is 36.0 Å². The average molecular weight is 590 g/mol. The SMILES string of the molecule is CCOC(=O)C1CCCN(CC=C2CN(C(C(=O)C3CC3)c3ccccc3F)CCC2SC(C)=O)C1.Cl.Cl. The van der Waals surface area contributed by atoms with Gasteiger partial charge < -0.3 is 4.74 Å². The molecule has 1 saturated carbocycles. The Bertz CT molecular complexity index is 1010. The highest BCUT2D eigenvalue weighted by Gasteiger charge is 2.41. The average Bonchev–Trinajstić information content (AvgIpc) is 3.71. The van der Waals surface area contributed by atoms with Crippen LogP contribution in [0.25, 0.3) is 0 Å². The van der Waals surface area contributed by atoms with Crippen LogP contribution in [-0.4, -0.2) is 71.2 Å². The topological polar surface area (TPSA) is 66.9 Å². The summed E-state index contributed by atoms with van der Waals surface area (Å²) < 4.78 is 20.1. The van der Waals surface area contributed by atoms with Crippen LogP contribution in [0.5, 0.6) is 0 Å². The van der Waals surface area contributed by atoms with E-state index in [1.807, 2.05) is 6.92 Å². The molecule has 1 aromatic rings. The van der Waals surface area contributed by atoms with E-state index in [-0.39, 0.29) is 64.6 Å². The van der Waals surface area contributed by atoms with Crippen molar-refractivity contribution in [2.24, 2.45) is 11.8 Å². The fraction of sp³-hybridized carbons (Fsp3) is 0.607. The number of thioether (sulfide) groups is 1. The summed E-state index contributed by atoms with van der Waals surface area (Å²) in [4.78, 5) is 41.9. The summed E-state index contributed by atoms with van der Waals surface area (Å²) in [6, 6.07) is 5.99. The first kappa shape index (κ1) is 32.8. The molecule has 3 unspecified atom stereocenters. The molecule has 3 fully saturated rings. The number of esters is 1. The van der Waals surface area contributed by atoms with Gasteiger partial charge in [0, 0.05) is 49.8 Å². The number of ether oxygens (including phenoxy) is 1. The van der Waals surface area contributed by atoms with Gasteiger partial charge in [-0.2, -0.15) is 0 Å². The third-order valence-electron chi connectivity index (χ3n) is 7.34. The van der Waals surface area contributed by atoms with Crippen molar-refractivity contribution in [1.29, 1.82) is 0 Å². The minimum atomic E-state index is -0.603. The summed E-state index contributed by atoms with van der Waals surface area (Å²) in [6.07, 6.45) is 6.43. The predicted octanol–water partition coefficient (Wildman–Crippen LogP) is 5.25. The second-order valence-electron chi connectivity index (χ2n) is 10.1. The van der Waals surface area contributed by atoms with Crippen LogP contribution in [0.3, 0.4) is 0 Å². The van der Waals surface area contributed by atoms with Gasteiger partial charge in [0.1, 0.15) is 5.82 Å². The van der Waals surface area contributed by atoms with Crippen molar-refractivity contribution in [3.05, 3.63) is 47.3 Å². The summed E-state index contributed by atoms with van der Waals surface area (Å²) >= 11 is 1.34. The Hall–Kier alpha value is -1.45. The van der Waals surface area contributed by atoms with E-state index >= 15 is 0 Å². The summed E-state index contributed by atoms with van der Waals surface area (Å²) in [5, 5.41) is 0.112. The first-order valence-corrected chi connectivity index (χ1v) is 14.0. The highest BCUT2D eigenvalue weighted by molar-refractivity contribution is 8.14. The minimum absolute atomic E-state index is 0. The van der Waals surface area contributed by atoms with E-state index in [0.29, 0.717) is 38.3 Å². The van der Waals surface area contributed by atoms with Crippen LogP contribution in [0.15, 0.2) is 35.9 Å². The Balaban J connectivity index is 0.00000253. The monoisotopic (exact) mass is 588 g/mol. The number of hydrogen-bond donors (Lipinski definition) is 0. The molecule has 0 amide bonds. The number of nitrogens with zero attached hydrogens (tertiary/aromatic N) is 2. The molecule has 10 heteroatoms. The van der Waals surface area contributed by atoms with E-state index in [0.717, 1.165) is 44.2 Å². The lowest BCUT2D eigenvalue weighted by atomic mass is 9.93. The van der Waals surface area contributed by atoms with Crippen LogP contribution in [0.4, 0.5) is 4.39 Å². The molecule has 2 aliphatic heterocycles. The number of ketones is 1. The molecule has 0 aromatic heterocycles. The Kier molecular flexibility index (Phi) is 13.2. The Morgan fingerprint density at radius 2 is 1.84 bits per heavy atom. The molecular formula is C28H39Cl2FN2O4S. The Morgan fingerprint density at radius 3 is 2.50 bits per heavy atom. The van der Waals surface area contributed by atoms with Gasteiger partial charge in [-0.15, -0.1) is 24.8 Å². The lowest BCUT2D eigenvalue weighted by Crippen LogP contribution is -2.44. The molecule has 6 nitrogen and oxygen atoms in total. The second kappa shape index (κ2) is 15.4. The largest absolute Gasteiger partial charge is 0.466 e. The zero-order valence-electron chi connectivity index (χ0n) is 22.1. The maximum atomic E-state index is 14.8. The quantitative estimate of drug-likeness (QED) is 0.288. The molecule has 4 rings (SSSR count). The van der Waals surface area contributed by atoms with E-state index in [2.05, 4.69) is 15.9 Å². The Morgan fingerprint density at radius 1 is 1.11 bits per heavy atom. The number of Topliss-reactive ketones (excluding diaryl/α,β-unsaturated/α-hetero) is 1. The van der Waals surface area contributed by atoms with Crippen LogP contribution in [0.2, 0.25) is 0 Å². The van der Waals surface area contributed by atoms with E-state index in [9.17, 15) is 18.8 Å². The minimum Gasteiger partial charge on any atom is -0.466 e. The lowest BCUT2D eigenvalue weighted by Gasteiger charge is -2.39. The summed E-state index contributed by atoms with van der Waals surface area (Å²) in [7, 11) is 0. The maximum Gasteiger partial charge on any atom is 0.310 e. The highest BCUT2D eigenvalue weighted by Crippen LogP contribution is 2.40. The molecule has 2 saturated heterocycles. The van der Waals surface area contributed by atoms with Gasteiger partial charge in [-0.3, -0.25) is 24.2 Å². The number of likely N-dealkylation sites (tertiary alicyclic amines) is 2. The standard InChI is InChI=1S/C28H37FN2O4S.2ClH/c1-3-35-28(34)22-7-6-14-30(17-22)15-12-21-18-31(16-13-25(21)36-19(2)32)26(27(33)20-10-11-20)23-8-4-5-9-24(23)29;;/h4-5,8-9,12,20,22,25-26H,3,6-7,10-11,13-18H2,1-2H3;2*1H. The predicted molar refractivity (Wildman–Crippen MR) is 153 cm³/mol. The number of carbonyl (C=O) groups is 3. The van der Waals surface area contributed by atoms with Gasteiger partial charge in [0.15, 0.2) is 10.9 Å². The maximum absolute atomic E-state index is 14.8. The molecule has 1 aromatic carbocycles. The molecular weight excluding hydrogens is 550 g/mol. The van der Waals surface area contributed by atoms with Crippen LogP contribution >= 0.6 is 36.6 Å². The summed E-state index contributed by atoms with van der Waals surface area (Å²) in [5.41, 5.74) is 1.55. The molecule has 3 aliphatic rings. The Labute approximate surface area is 241 Å². The number of hydrogen-bond acceptors (Lipinski definition) is 7. The van der Waals surface area contributed by atoms with Crippen molar-refractivity contribution in [1.82, 2.24) is 9.80 Å². The molecule has 38 heavy (non-hydrogen) atoms. The van der Waals surface area contributed by atoms with Gasteiger partial charge in [0.05, 0.1) is 18.6 Å². The zero-order chi connectivity index (χ0) is 25.7. The molecule has 1 aliphatic carbocycles. The highest BCUT2D eigenvalue weighted by atomic mass is 35.5. The lowest BCUT2D eigenvalue weighted by molar-refractivity contribution is -0.149. The van der Waals surface area contributed by atoms with E-state index in [1.165, 1.54) is 17.8 Å². The normalized spacial score (nSPS) is 24.1. The van der Waals surface area contributed by atoms with Gasteiger partial charge in [0.25, 0.3) is 0 Å². The molecule has 0 radical (unpaired) electrons. The second-order valence-corrected chi connectivity index (χ2v) is 11.5. The van der Waals surface area contributed by atoms with Crippen LogP contribution in [0.1, 0.15) is 57.6 Å². The summed E-state index contributed by atoms with van der Waals surface area (Å²) in [6.45, 7) is 7.21. The van der Waals surface area contributed by atoms with E-state index in [4.69, 9.17) is 4.74 Å². The molecule has 212 valence electrons. The molecule has 0 bridgehead atoms. The van der Waals surface area contributed by atoms with Crippen molar-refractivity contribution >= 4 is 53.4 Å². The molecule has 0 spiro atoms. The fourth-order valence-electron chi connectivity index (χ4n) is 5.37. The van der Waals surface area contributed by atoms with E-state index < -0.39 is 6.04 Å². The van der Waals surface area contributed by atoms with Gasteiger partial charge in [-0.25, -0.2) is 4.39 Å².